The molecule has 0 aliphatic rings. The molecule has 10 heteroatoms. The first-order chi connectivity index (χ1) is 13.2. The van der Waals surface area contributed by atoms with Crippen LogP contribution in [0.4, 0.5) is 10.1 Å². The fourth-order valence-corrected chi connectivity index (χ4v) is 3.04. The summed E-state index contributed by atoms with van der Waals surface area (Å²) in [6.45, 7) is 0.586. The van der Waals surface area contributed by atoms with Crippen molar-refractivity contribution in [3.63, 3.8) is 0 Å². The Balaban J connectivity index is 1.90. The highest BCUT2D eigenvalue weighted by molar-refractivity contribution is 7.89. The maximum Gasteiger partial charge on any atom is 0.321 e. The summed E-state index contributed by atoms with van der Waals surface area (Å²) in [5.41, 5.74) is 0.497. The number of anilines is 1. The number of carbonyl (C=O) groups is 2. The Hall–Kier alpha value is -3.29. The van der Waals surface area contributed by atoms with Crippen molar-refractivity contribution in [2.24, 2.45) is 0 Å². The maximum atomic E-state index is 12.9. The molecule has 8 nitrogen and oxygen atoms in total. The molecule has 2 aromatic carbocycles. The van der Waals surface area contributed by atoms with Gasteiger partial charge in [-0.25, -0.2) is 12.8 Å². The van der Waals surface area contributed by atoms with E-state index in [9.17, 15) is 22.4 Å². The molecule has 0 saturated carbocycles. The van der Waals surface area contributed by atoms with Gasteiger partial charge in [-0.15, -0.1) is 0 Å². The number of nitrogens with one attached hydrogen (secondary N) is 2. The SMILES string of the molecule is C[C@H](OC(=O)CNS(=O)(=O)c1ccc(F)cc1)C(=O)Nc1ccccc1C#N. The molecule has 0 unspecified atom stereocenters. The van der Waals surface area contributed by atoms with E-state index < -0.39 is 40.4 Å². The minimum absolute atomic E-state index is 0.222. The highest BCUT2D eigenvalue weighted by Crippen LogP contribution is 2.14. The molecule has 0 aliphatic heterocycles. The Morgan fingerprint density at radius 1 is 1.18 bits per heavy atom. The second-order valence-corrected chi connectivity index (χ2v) is 7.32. The summed E-state index contributed by atoms with van der Waals surface area (Å²) in [5, 5.41) is 11.5. The lowest BCUT2D eigenvalue weighted by Gasteiger charge is -2.14. The number of ether oxygens (including phenoxy) is 1. The first kappa shape index (κ1) is 21.0. The Labute approximate surface area is 161 Å². The quantitative estimate of drug-likeness (QED) is 0.673. The number of para-hydroxylation sites is 1. The summed E-state index contributed by atoms with van der Waals surface area (Å²) in [5.74, 6) is -2.27. The summed E-state index contributed by atoms with van der Waals surface area (Å²) < 4.78 is 43.8. The second-order valence-electron chi connectivity index (χ2n) is 5.56. The molecule has 0 aliphatic carbocycles. The number of esters is 1. The number of nitrogens with zero attached hydrogens (tertiary/aromatic N) is 1. The molecule has 2 aromatic rings. The molecular weight excluding hydrogens is 389 g/mol. The van der Waals surface area contributed by atoms with Crippen molar-refractivity contribution < 1.29 is 27.1 Å². The summed E-state index contributed by atoms with van der Waals surface area (Å²) in [4.78, 5) is 23.7. The van der Waals surface area contributed by atoms with Crippen molar-refractivity contribution in [2.75, 3.05) is 11.9 Å². The van der Waals surface area contributed by atoms with E-state index >= 15 is 0 Å². The van der Waals surface area contributed by atoms with E-state index in [1.165, 1.54) is 19.1 Å². The van der Waals surface area contributed by atoms with Crippen molar-refractivity contribution in [2.45, 2.75) is 17.9 Å². The zero-order valence-corrected chi connectivity index (χ0v) is 15.5. The van der Waals surface area contributed by atoms with E-state index in [0.29, 0.717) is 0 Å². The van der Waals surface area contributed by atoms with Crippen molar-refractivity contribution >= 4 is 27.6 Å². The largest absolute Gasteiger partial charge is 0.452 e. The van der Waals surface area contributed by atoms with Crippen LogP contribution in [0.25, 0.3) is 0 Å². The molecule has 0 fully saturated rings. The lowest BCUT2D eigenvalue weighted by molar-refractivity contribution is -0.151. The minimum atomic E-state index is -4.04. The molecule has 1 amide bonds. The fraction of sp³-hybridized carbons (Fsp3) is 0.167. The third-order valence-electron chi connectivity index (χ3n) is 3.51. The van der Waals surface area contributed by atoms with Gasteiger partial charge in [0.2, 0.25) is 10.0 Å². The van der Waals surface area contributed by atoms with Gasteiger partial charge < -0.3 is 10.1 Å². The lowest BCUT2D eigenvalue weighted by Crippen LogP contribution is -2.36. The fourth-order valence-electron chi connectivity index (χ4n) is 2.07. The maximum absolute atomic E-state index is 12.9. The van der Waals surface area contributed by atoms with Crippen molar-refractivity contribution in [1.29, 1.82) is 5.26 Å². The molecule has 0 radical (unpaired) electrons. The summed E-state index contributed by atoms with van der Waals surface area (Å²) in [7, 11) is -4.04. The second kappa shape index (κ2) is 9.07. The van der Waals surface area contributed by atoms with Crippen molar-refractivity contribution in [3.8, 4) is 6.07 Å². The van der Waals surface area contributed by atoms with Gasteiger partial charge in [-0.05, 0) is 43.3 Å². The van der Waals surface area contributed by atoms with Crippen molar-refractivity contribution in [3.05, 3.63) is 59.9 Å². The van der Waals surface area contributed by atoms with Crippen LogP contribution >= 0.6 is 0 Å². The number of rotatable bonds is 7. The molecule has 2 rings (SSSR count). The van der Waals surface area contributed by atoms with E-state index in [4.69, 9.17) is 10.00 Å². The monoisotopic (exact) mass is 405 g/mol. The van der Waals surface area contributed by atoms with Crippen LogP contribution in [-0.4, -0.2) is 32.9 Å². The van der Waals surface area contributed by atoms with E-state index in [0.717, 1.165) is 24.3 Å². The topological polar surface area (TPSA) is 125 Å². The predicted octanol–water partition coefficient (Wildman–Crippen LogP) is 1.55. The number of nitriles is 1. The van der Waals surface area contributed by atoms with Gasteiger partial charge >= 0.3 is 5.97 Å². The highest BCUT2D eigenvalue weighted by atomic mass is 32.2. The Morgan fingerprint density at radius 3 is 2.46 bits per heavy atom. The predicted molar refractivity (Wildman–Crippen MR) is 96.9 cm³/mol. The van der Waals surface area contributed by atoms with Crippen LogP contribution in [0.1, 0.15) is 12.5 Å². The van der Waals surface area contributed by atoms with Gasteiger partial charge in [0.05, 0.1) is 16.1 Å². The summed E-state index contributed by atoms with van der Waals surface area (Å²) >= 11 is 0. The average molecular weight is 405 g/mol. The van der Waals surface area contributed by atoms with Gasteiger partial charge in [-0.2, -0.15) is 9.98 Å². The third-order valence-corrected chi connectivity index (χ3v) is 4.93. The summed E-state index contributed by atoms with van der Waals surface area (Å²) in [6.07, 6.45) is -1.23. The molecule has 28 heavy (non-hydrogen) atoms. The van der Waals surface area contributed by atoms with Crippen LogP contribution in [0.3, 0.4) is 0 Å². The zero-order valence-electron chi connectivity index (χ0n) is 14.7. The van der Waals surface area contributed by atoms with Gasteiger partial charge in [-0.3, -0.25) is 9.59 Å². The van der Waals surface area contributed by atoms with Crippen LogP contribution in [0, 0.1) is 17.1 Å². The molecule has 0 heterocycles. The number of amides is 1. The van der Waals surface area contributed by atoms with Crippen LogP contribution in [-0.2, 0) is 24.3 Å². The highest BCUT2D eigenvalue weighted by Gasteiger charge is 2.21. The number of halogens is 1. The summed E-state index contributed by atoms with van der Waals surface area (Å²) in [6, 6.07) is 12.2. The first-order valence-electron chi connectivity index (χ1n) is 7.97. The number of hydrogen-bond acceptors (Lipinski definition) is 6. The average Bonchev–Trinajstić information content (AvgIpc) is 2.67. The van der Waals surface area contributed by atoms with Gasteiger partial charge in [-0.1, -0.05) is 12.1 Å². The lowest BCUT2D eigenvalue weighted by atomic mass is 10.2. The van der Waals surface area contributed by atoms with Crippen LogP contribution in [0.2, 0.25) is 0 Å². The Morgan fingerprint density at radius 2 is 1.82 bits per heavy atom. The van der Waals surface area contributed by atoms with Gasteiger partial charge in [0.15, 0.2) is 6.10 Å². The van der Waals surface area contributed by atoms with Gasteiger partial charge in [0.25, 0.3) is 5.91 Å². The van der Waals surface area contributed by atoms with E-state index in [-0.39, 0.29) is 16.1 Å². The van der Waals surface area contributed by atoms with Crippen LogP contribution < -0.4 is 10.0 Å². The van der Waals surface area contributed by atoms with E-state index in [1.54, 1.807) is 12.1 Å². The number of hydrogen-bond donors (Lipinski definition) is 2. The third kappa shape index (κ3) is 5.60. The Kier molecular flexibility index (Phi) is 6.81. The normalized spacial score (nSPS) is 11.9. The van der Waals surface area contributed by atoms with E-state index in [1.807, 2.05) is 10.8 Å². The smallest absolute Gasteiger partial charge is 0.321 e. The van der Waals surface area contributed by atoms with Crippen molar-refractivity contribution in [1.82, 2.24) is 4.72 Å². The number of sulfonamides is 1. The van der Waals surface area contributed by atoms with Crippen LogP contribution in [0.15, 0.2) is 53.4 Å². The number of benzene rings is 2. The van der Waals surface area contributed by atoms with Gasteiger partial charge in [0, 0.05) is 0 Å². The molecule has 0 bridgehead atoms. The molecular formula is C18H16FN3O5S. The standard InChI is InChI=1S/C18H16FN3O5S/c1-12(18(24)22-16-5-3-2-4-13(16)10-20)27-17(23)11-21-28(25,26)15-8-6-14(19)7-9-15/h2-9,12,21H,11H2,1H3,(H,22,24)/t12-/m0/s1. The first-order valence-corrected chi connectivity index (χ1v) is 9.46. The zero-order chi connectivity index (χ0) is 20.7. The van der Waals surface area contributed by atoms with Crippen LogP contribution in [0.5, 0.6) is 0 Å². The molecule has 1 atom stereocenters. The molecule has 2 N–H and O–H groups in total. The Bertz CT molecular complexity index is 1020. The molecule has 0 aromatic heterocycles. The minimum Gasteiger partial charge on any atom is -0.452 e. The van der Waals surface area contributed by atoms with Gasteiger partial charge in [0.1, 0.15) is 18.4 Å². The van der Waals surface area contributed by atoms with E-state index in [2.05, 4.69) is 5.32 Å². The molecule has 0 spiro atoms. The molecule has 0 saturated heterocycles. The molecule has 146 valence electrons. The number of carbonyl (C=O) groups excluding carboxylic acids is 2.